The average molecular weight is 329 g/mol. The number of fused-ring (bicyclic) bond motifs is 1. The van der Waals surface area contributed by atoms with Gasteiger partial charge in [0, 0.05) is 29.7 Å². The van der Waals surface area contributed by atoms with E-state index in [0.29, 0.717) is 23.7 Å². The molecule has 1 aromatic heterocycles. The quantitative estimate of drug-likeness (QED) is 0.692. The smallest absolute Gasteiger partial charge is 0.294 e. The molecule has 0 atom stereocenters. The molecule has 0 saturated heterocycles. The third-order valence-corrected chi connectivity index (χ3v) is 4.36. The first-order chi connectivity index (χ1) is 11.0. The molecule has 1 aliphatic heterocycles. The van der Waals surface area contributed by atoms with Gasteiger partial charge in [-0.05, 0) is 43.7 Å². The van der Waals surface area contributed by atoms with Crippen LogP contribution in [0, 0.1) is 0 Å². The van der Waals surface area contributed by atoms with Crippen LogP contribution in [-0.4, -0.2) is 38.0 Å². The van der Waals surface area contributed by atoms with Gasteiger partial charge in [-0.3, -0.25) is 4.79 Å². The van der Waals surface area contributed by atoms with E-state index in [1.165, 1.54) is 0 Å². The summed E-state index contributed by atoms with van der Waals surface area (Å²) in [6.45, 7) is 1.33. The van der Waals surface area contributed by atoms with Crippen LogP contribution in [0.3, 0.4) is 0 Å². The van der Waals surface area contributed by atoms with Gasteiger partial charge in [-0.25, -0.2) is 0 Å². The second-order valence-electron chi connectivity index (χ2n) is 5.61. The van der Waals surface area contributed by atoms with Crippen molar-refractivity contribution in [1.82, 2.24) is 4.90 Å². The van der Waals surface area contributed by atoms with Gasteiger partial charge in [-0.1, -0.05) is 6.07 Å². The van der Waals surface area contributed by atoms with Crippen LogP contribution in [0.15, 0.2) is 41.5 Å². The van der Waals surface area contributed by atoms with Crippen molar-refractivity contribution in [1.29, 1.82) is 0 Å². The van der Waals surface area contributed by atoms with Crippen molar-refractivity contribution in [2.24, 2.45) is 0 Å². The van der Waals surface area contributed by atoms with E-state index >= 15 is 0 Å². The molecular formula is C17H19N3O2S. The highest BCUT2D eigenvalue weighted by atomic mass is 32.1. The van der Waals surface area contributed by atoms with Crippen molar-refractivity contribution in [2.75, 3.05) is 37.8 Å². The van der Waals surface area contributed by atoms with Crippen molar-refractivity contribution in [2.45, 2.75) is 0 Å². The zero-order chi connectivity index (χ0) is 16.4. The fourth-order valence-electron chi connectivity index (χ4n) is 2.35. The van der Waals surface area contributed by atoms with E-state index in [1.807, 2.05) is 42.6 Å². The van der Waals surface area contributed by atoms with Gasteiger partial charge >= 0.3 is 0 Å². The van der Waals surface area contributed by atoms with E-state index in [2.05, 4.69) is 0 Å². The summed E-state index contributed by atoms with van der Waals surface area (Å²) in [6, 6.07) is 9.27. The summed E-state index contributed by atoms with van der Waals surface area (Å²) in [4.78, 5) is 17.6. The number of amides is 1. The van der Waals surface area contributed by atoms with Gasteiger partial charge < -0.3 is 20.3 Å². The minimum absolute atomic E-state index is 0.140. The third kappa shape index (κ3) is 3.38. The average Bonchev–Trinajstić information content (AvgIpc) is 3.00. The maximum Gasteiger partial charge on any atom is 0.294 e. The highest BCUT2D eigenvalue weighted by Gasteiger charge is 2.30. The van der Waals surface area contributed by atoms with Crippen LogP contribution in [-0.2, 0) is 4.79 Å². The van der Waals surface area contributed by atoms with Crippen molar-refractivity contribution in [3.63, 3.8) is 0 Å². The summed E-state index contributed by atoms with van der Waals surface area (Å²) in [5.74, 6) is 0.849. The summed E-state index contributed by atoms with van der Waals surface area (Å²) in [7, 11) is 3.96. The number of carbonyl (C=O) groups excluding carboxylic acids is 1. The molecule has 0 bridgehead atoms. The molecule has 3 rings (SSSR count). The minimum atomic E-state index is -0.140. The Morgan fingerprint density at radius 3 is 2.87 bits per heavy atom. The van der Waals surface area contributed by atoms with Gasteiger partial charge in [-0.2, -0.15) is 0 Å². The predicted molar refractivity (Wildman–Crippen MR) is 94.7 cm³/mol. The molecule has 0 spiro atoms. The first-order valence-corrected chi connectivity index (χ1v) is 8.22. The molecule has 2 aromatic rings. The highest BCUT2D eigenvalue weighted by molar-refractivity contribution is 7.10. The van der Waals surface area contributed by atoms with Gasteiger partial charge in [-0.15, -0.1) is 11.3 Å². The van der Waals surface area contributed by atoms with E-state index < -0.39 is 0 Å². The number of nitrogen functional groups attached to an aromatic ring is 1. The normalized spacial score (nSPS) is 15.9. The van der Waals surface area contributed by atoms with Crippen molar-refractivity contribution < 1.29 is 9.53 Å². The van der Waals surface area contributed by atoms with Crippen molar-refractivity contribution in [3.05, 3.63) is 46.3 Å². The molecular weight excluding hydrogens is 310 g/mol. The molecule has 23 heavy (non-hydrogen) atoms. The summed E-state index contributed by atoms with van der Waals surface area (Å²) in [5, 5.41) is 1.97. The first-order valence-electron chi connectivity index (χ1n) is 7.34. The van der Waals surface area contributed by atoms with E-state index in [4.69, 9.17) is 10.5 Å². The number of hydrogen-bond donors (Lipinski definition) is 1. The lowest BCUT2D eigenvalue weighted by Crippen LogP contribution is -2.41. The van der Waals surface area contributed by atoms with Crippen molar-refractivity contribution in [3.8, 4) is 5.75 Å². The van der Waals surface area contributed by atoms with Gasteiger partial charge in [0.25, 0.3) is 5.91 Å². The molecule has 2 heterocycles. The van der Waals surface area contributed by atoms with Gasteiger partial charge in [0.05, 0.1) is 5.69 Å². The van der Waals surface area contributed by atoms with E-state index in [1.54, 1.807) is 34.4 Å². The summed E-state index contributed by atoms with van der Waals surface area (Å²) >= 11 is 1.57. The van der Waals surface area contributed by atoms with E-state index in [9.17, 15) is 4.79 Å². The number of rotatable bonds is 4. The summed E-state index contributed by atoms with van der Waals surface area (Å²) in [6.07, 6.45) is 1.79. The van der Waals surface area contributed by atoms with E-state index in [0.717, 1.165) is 17.1 Å². The van der Waals surface area contributed by atoms with Crippen LogP contribution in [0.5, 0.6) is 5.75 Å². The zero-order valence-corrected chi connectivity index (χ0v) is 14.0. The molecule has 0 radical (unpaired) electrons. The van der Waals surface area contributed by atoms with Gasteiger partial charge in [0.2, 0.25) is 0 Å². The Kier molecular flexibility index (Phi) is 4.36. The van der Waals surface area contributed by atoms with Crippen LogP contribution in [0.2, 0.25) is 0 Å². The zero-order valence-electron chi connectivity index (χ0n) is 13.2. The second-order valence-corrected chi connectivity index (χ2v) is 6.59. The number of likely N-dealkylation sites (N-methyl/N-ethyl adjacent to an activating group) is 1. The Labute approximate surface area is 139 Å². The third-order valence-electron chi connectivity index (χ3n) is 3.54. The molecule has 5 nitrogen and oxygen atoms in total. The topological polar surface area (TPSA) is 58.8 Å². The summed E-state index contributed by atoms with van der Waals surface area (Å²) in [5.41, 5.74) is 7.21. The standard InChI is InChI=1S/C17H19N3O2S/c1-19(2)7-8-20-14-10-12(18)5-6-15(14)22-16(17(20)21)11-13-4-3-9-23-13/h3-6,9-11H,7-8,18H2,1-2H3/b16-11+. The van der Waals surface area contributed by atoms with Crippen LogP contribution < -0.4 is 15.4 Å². The molecule has 0 aliphatic carbocycles. The number of hydrogen-bond acceptors (Lipinski definition) is 5. The number of ether oxygens (including phenoxy) is 1. The molecule has 0 saturated carbocycles. The molecule has 0 unspecified atom stereocenters. The Morgan fingerprint density at radius 1 is 1.35 bits per heavy atom. The lowest BCUT2D eigenvalue weighted by atomic mass is 10.2. The Hall–Kier alpha value is -2.31. The Morgan fingerprint density at radius 2 is 2.17 bits per heavy atom. The summed E-state index contributed by atoms with van der Waals surface area (Å²) < 4.78 is 5.82. The van der Waals surface area contributed by atoms with Gasteiger partial charge in [0.15, 0.2) is 11.5 Å². The first kappa shape index (κ1) is 15.6. The van der Waals surface area contributed by atoms with Gasteiger partial charge in [0.1, 0.15) is 0 Å². The second kappa shape index (κ2) is 6.44. The maximum atomic E-state index is 12.8. The number of nitrogens with two attached hydrogens (primary N) is 1. The molecule has 0 fully saturated rings. The van der Waals surface area contributed by atoms with E-state index in [-0.39, 0.29) is 5.91 Å². The Balaban J connectivity index is 1.98. The van der Waals surface area contributed by atoms with Crippen LogP contribution in [0.1, 0.15) is 4.88 Å². The van der Waals surface area contributed by atoms with Crippen molar-refractivity contribution >= 4 is 34.7 Å². The number of nitrogens with zero attached hydrogens (tertiary/aromatic N) is 2. The molecule has 1 amide bonds. The maximum absolute atomic E-state index is 12.8. The lowest BCUT2D eigenvalue weighted by molar-refractivity contribution is -0.117. The number of benzene rings is 1. The molecule has 2 N–H and O–H groups in total. The lowest BCUT2D eigenvalue weighted by Gasteiger charge is -2.31. The fourth-order valence-corrected chi connectivity index (χ4v) is 3.00. The number of carbonyl (C=O) groups is 1. The predicted octanol–water partition coefficient (Wildman–Crippen LogP) is 2.66. The fraction of sp³-hybridized carbons (Fsp3) is 0.235. The minimum Gasteiger partial charge on any atom is -0.449 e. The highest BCUT2D eigenvalue weighted by Crippen LogP contribution is 2.37. The van der Waals surface area contributed by atoms with Crippen LogP contribution in [0.4, 0.5) is 11.4 Å². The van der Waals surface area contributed by atoms with Crippen LogP contribution in [0.25, 0.3) is 6.08 Å². The Bertz CT molecular complexity index is 738. The molecule has 1 aliphatic rings. The molecule has 120 valence electrons. The largest absolute Gasteiger partial charge is 0.449 e. The van der Waals surface area contributed by atoms with Crippen LogP contribution >= 0.6 is 11.3 Å². The molecule has 1 aromatic carbocycles. The monoisotopic (exact) mass is 329 g/mol. The molecule has 6 heteroatoms. The number of thiophene rings is 1. The SMILES string of the molecule is CN(C)CCN1C(=O)/C(=C\c2cccs2)Oc2ccc(N)cc21. The number of anilines is 2.